The van der Waals surface area contributed by atoms with Crippen molar-refractivity contribution in [2.24, 2.45) is 0 Å². The largest absolute Gasteiger partial charge is 0.497 e. The van der Waals surface area contributed by atoms with Gasteiger partial charge < -0.3 is 19.5 Å². The Morgan fingerprint density at radius 3 is 1.96 bits per heavy atom. The van der Waals surface area contributed by atoms with Crippen LogP contribution in [0.25, 0.3) is 0 Å². The van der Waals surface area contributed by atoms with E-state index in [2.05, 4.69) is 10.7 Å². The van der Waals surface area contributed by atoms with Crippen molar-refractivity contribution in [3.63, 3.8) is 0 Å². The van der Waals surface area contributed by atoms with Gasteiger partial charge in [-0.05, 0) is 36.4 Å². The molecule has 3 N–H and O–H groups in total. The lowest BCUT2D eigenvalue weighted by molar-refractivity contribution is -0.136. The number of hydrogen-bond donors (Lipinski definition) is 3. The van der Waals surface area contributed by atoms with Gasteiger partial charge in [0, 0.05) is 11.6 Å². The summed E-state index contributed by atoms with van der Waals surface area (Å²) in [5.41, 5.74) is 4.73. The van der Waals surface area contributed by atoms with E-state index in [0.29, 0.717) is 17.2 Å². The highest BCUT2D eigenvalue weighted by Crippen LogP contribution is 2.28. The van der Waals surface area contributed by atoms with E-state index in [-0.39, 0.29) is 11.3 Å². The Balaban J connectivity index is 1.95. The number of benzene rings is 2. The summed E-state index contributed by atoms with van der Waals surface area (Å²) in [4.78, 5) is 35.9. The molecule has 2 aromatic rings. The summed E-state index contributed by atoms with van der Waals surface area (Å²) in [7, 11) is 4.40. The number of anilines is 1. The average Bonchev–Trinajstić information content (AvgIpc) is 2.71. The molecule has 142 valence electrons. The number of amides is 3. The first kappa shape index (κ1) is 19.6. The van der Waals surface area contributed by atoms with Crippen molar-refractivity contribution in [2.75, 3.05) is 26.6 Å². The zero-order valence-electron chi connectivity index (χ0n) is 15.0. The van der Waals surface area contributed by atoms with E-state index in [0.717, 1.165) is 0 Å². The second-order valence-electron chi connectivity index (χ2n) is 5.16. The van der Waals surface area contributed by atoms with Crippen LogP contribution in [0.15, 0.2) is 42.5 Å². The third-order valence-corrected chi connectivity index (χ3v) is 3.50. The van der Waals surface area contributed by atoms with Crippen molar-refractivity contribution >= 4 is 23.4 Å². The van der Waals surface area contributed by atoms with Gasteiger partial charge in [-0.2, -0.15) is 0 Å². The molecule has 0 aliphatic carbocycles. The van der Waals surface area contributed by atoms with Gasteiger partial charge in [-0.1, -0.05) is 0 Å². The molecule has 0 aliphatic heterocycles. The molecular formula is C18H19N3O6. The van der Waals surface area contributed by atoms with Gasteiger partial charge in [-0.15, -0.1) is 0 Å². The molecule has 0 unspecified atom stereocenters. The summed E-state index contributed by atoms with van der Waals surface area (Å²) in [6.45, 7) is 0. The Morgan fingerprint density at radius 2 is 1.37 bits per heavy atom. The van der Waals surface area contributed by atoms with Crippen LogP contribution in [0.3, 0.4) is 0 Å². The minimum atomic E-state index is -1.05. The van der Waals surface area contributed by atoms with Gasteiger partial charge in [-0.3, -0.25) is 25.2 Å². The van der Waals surface area contributed by atoms with Gasteiger partial charge >= 0.3 is 11.8 Å². The second kappa shape index (κ2) is 9.09. The van der Waals surface area contributed by atoms with Gasteiger partial charge in [0.15, 0.2) is 0 Å². The Kier molecular flexibility index (Phi) is 6.59. The summed E-state index contributed by atoms with van der Waals surface area (Å²) in [5.74, 6) is -1.23. The molecule has 9 heteroatoms. The van der Waals surface area contributed by atoms with Crippen molar-refractivity contribution in [2.45, 2.75) is 0 Å². The molecule has 0 fully saturated rings. The minimum absolute atomic E-state index is 0.249. The molecule has 0 saturated heterocycles. The SMILES string of the molecule is COc1ccc(C(=O)NNC(=O)C(=O)Nc2cc(OC)ccc2OC)cc1. The summed E-state index contributed by atoms with van der Waals surface area (Å²) in [6, 6.07) is 10.9. The highest BCUT2D eigenvalue weighted by molar-refractivity contribution is 6.39. The summed E-state index contributed by atoms with van der Waals surface area (Å²) < 4.78 is 15.2. The molecule has 0 aromatic heterocycles. The topological polar surface area (TPSA) is 115 Å². The number of carbonyl (C=O) groups is 3. The molecule has 0 heterocycles. The van der Waals surface area contributed by atoms with E-state index in [1.807, 2.05) is 5.43 Å². The number of hydrazine groups is 1. The van der Waals surface area contributed by atoms with Gasteiger partial charge in [0.2, 0.25) is 0 Å². The molecule has 27 heavy (non-hydrogen) atoms. The molecule has 0 aliphatic rings. The van der Waals surface area contributed by atoms with E-state index < -0.39 is 17.7 Å². The molecule has 2 rings (SSSR count). The Bertz CT molecular complexity index is 835. The van der Waals surface area contributed by atoms with Crippen LogP contribution in [0.5, 0.6) is 17.2 Å². The van der Waals surface area contributed by atoms with E-state index >= 15 is 0 Å². The number of ether oxygens (including phenoxy) is 3. The lowest BCUT2D eigenvalue weighted by Gasteiger charge is -2.12. The van der Waals surface area contributed by atoms with Crippen molar-refractivity contribution in [1.82, 2.24) is 10.9 Å². The van der Waals surface area contributed by atoms with Crippen molar-refractivity contribution in [3.8, 4) is 17.2 Å². The molecule has 9 nitrogen and oxygen atoms in total. The average molecular weight is 373 g/mol. The number of nitrogens with one attached hydrogen (secondary N) is 3. The molecule has 0 saturated carbocycles. The van der Waals surface area contributed by atoms with Crippen LogP contribution in [-0.2, 0) is 9.59 Å². The van der Waals surface area contributed by atoms with Crippen LogP contribution in [0.2, 0.25) is 0 Å². The van der Waals surface area contributed by atoms with E-state index in [1.165, 1.54) is 39.5 Å². The number of carbonyl (C=O) groups excluding carboxylic acids is 3. The Hall–Kier alpha value is -3.75. The normalized spacial score (nSPS) is 9.74. The lowest BCUT2D eigenvalue weighted by atomic mass is 10.2. The fourth-order valence-corrected chi connectivity index (χ4v) is 2.08. The van der Waals surface area contributed by atoms with E-state index in [4.69, 9.17) is 14.2 Å². The van der Waals surface area contributed by atoms with Crippen LogP contribution in [0.4, 0.5) is 5.69 Å². The smallest absolute Gasteiger partial charge is 0.328 e. The fraction of sp³-hybridized carbons (Fsp3) is 0.167. The molecule has 0 radical (unpaired) electrons. The summed E-state index contributed by atoms with van der Waals surface area (Å²) in [6.07, 6.45) is 0. The molecular weight excluding hydrogens is 354 g/mol. The van der Waals surface area contributed by atoms with Gasteiger partial charge in [-0.25, -0.2) is 0 Å². The molecule has 0 spiro atoms. The predicted molar refractivity (Wildman–Crippen MR) is 96.8 cm³/mol. The number of methoxy groups -OCH3 is 3. The van der Waals surface area contributed by atoms with Crippen LogP contribution in [-0.4, -0.2) is 39.1 Å². The van der Waals surface area contributed by atoms with E-state index in [1.54, 1.807) is 24.3 Å². The quantitative estimate of drug-likeness (QED) is 0.534. The molecule has 2 aromatic carbocycles. The van der Waals surface area contributed by atoms with Crippen molar-refractivity contribution in [1.29, 1.82) is 0 Å². The zero-order chi connectivity index (χ0) is 19.8. The standard InChI is InChI=1S/C18H19N3O6/c1-25-12-6-4-11(5-7-12)16(22)20-21-18(24)17(23)19-14-10-13(26-2)8-9-15(14)27-3/h4-10H,1-3H3,(H,19,23)(H,20,22)(H,21,24). The molecule has 0 bridgehead atoms. The molecule has 0 atom stereocenters. The third kappa shape index (κ3) is 5.11. The maximum Gasteiger partial charge on any atom is 0.328 e. The monoisotopic (exact) mass is 373 g/mol. The highest BCUT2D eigenvalue weighted by atomic mass is 16.5. The third-order valence-electron chi connectivity index (χ3n) is 3.50. The van der Waals surface area contributed by atoms with Crippen LogP contribution < -0.4 is 30.4 Å². The predicted octanol–water partition coefficient (Wildman–Crippen LogP) is 1.11. The zero-order valence-corrected chi connectivity index (χ0v) is 15.0. The van der Waals surface area contributed by atoms with E-state index in [9.17, 15) is 14.4 Å². The second-order valence-corrected chi connectivity index (χ2v) is 5.16. The van der Waals surface area contributed by atoms with Gasteiger partial charge in [0.25, 0.3) is 5.91 Å². The van der Waals surface area contributed by atoms with Crippen molar-refractivity contribution < 1.29 is 28.6 Å². The first-order valence-electron chi connectivity index (χ1n) is 7.76. The van der Waals surface area contributed by atoms with Gasteiger partial charge in [0.1, 0.15) is 17.2 Å². The Morgan fingerprint density at radius 1 is 0.741 bits per heavy atom. The summed E-state index contributed by atoms with van der Waals surface area (Å²) >= 11 is 0. The van der Waals surface area contributed by atoms with Gasteiger partial charge in [0.05, 0.1) is 27.0 Å². The fourth-order valence-electron chi connectivity index (χ4n) is 2.08. The first-order chi connectivity index (χ1) is 13.0. The summed E-state index contributed by atoms with van der Waals surface area (Å²) in [5, 5.41) is 2.39. The lowest BCUT2D eigenvalue weighted by Crippen LogP contribution is -2.46. The number of rotatable bonds is 5. The minimum Gasteiger partial charge on any atom is -0.497 e. The molecule has 3 amide bonds. The maximum absolute atomic E-state index is 12.0. The van der Waals surface area contributed by atoms with Crippen LogP contribution in [0, 0.1) is 0 Å². The van der Waals surface area contributed by atoms with Crippen LogP contribution in [0.1, 0.15) is 10.4 Å². The van der Waals surface area contributed by atoms with Crippen LogP contribution >= 0.6 is 0 Å². The first-order valence-corrected chi connectivity index (χ1v) is 7.76. The van der Waals surface area contributed by atoms with Crippen molar-refractivity contribution in [3.05, 3.63) is 48.0 Å². The maximum atomic E-state index is 12.0. The number of hydrogen-bond acceptors (Lipinski definition) is 6. The highest BCUT2D eigenvalue weighted by Gasteiger charge is 2.17. The Labute approximate surface area is 155 Å².